The molecule has 2 aromatic carbocycles. The smallest absolute Gasteiger partial charge is 0.328 e. The number of rotatable bonds is 3. The van der Waals surface area contributed by atoms with Crippen LogP contribution in [-0.2, 0) is 16.1 Å². The van der Waals surface area contributed by atoms with Crippen molar-refractivity contribution in [3.63, 3.8) is 0 Å². The topological polar surface area (TPSA) is 80.2 Å². The molecule has 8 heteroatoms. The Balaban J connectivity index is 1.81. The largest absolute Gasteiger partial charge is 0.342 e. The predicted octanol–water partition coefficient (Wildman–Crippen LogP) is 3.23. The van der Waals surface area contributed by atoms with Crippen LogP contribution < -0.4 is 10.6 Å². The van der Waals surface area contributed by atoms with Crippen molar-refractivity contribution in [2.45, 2.75) is 6.54 Å². The molecule has 140 valence electrons. The highest BCUT2D eigenvalue weighted by Crippen LogP contribution is 2.27. The van der Waals surface area contributed by atoms with E-state index in [4.69, 9.17) is 11.6 Å². The minimum Gasteiger partial charge on any atom is -0.342 e. The predicted molar refractivity (Wildman–Crippen MR) is 102 cm³/mol. The lowest BCUT2D eigenvalue weighted by Gasteiger charge is -2.13. The van der Waals surface area contributed by atoms with Crippen LogP contribution in [0.3, 0.4) is 0 Å². The third kappa shape index (κ3) is 3.16. The molecule has 0 atom stereocenters. The molecule has 4 amide bonds. The average molecular weight is 398 g/mol. The number of aromatic nitrogens is 1. The Hall–Kier alpha value is -3.45. The van der Waals surface area contributed by atoms with Crippen molar-refractivity contribution in [3.8, 4) is 0 Å². The molecule has 1 saturated heterocycles. The van der Waals surface area contributed by atoms with E-state index in [1.165, 1.54) is 18.2 Å². The summed E-state index contributed by atoms with van der Waals surface area (Å²) in [6.07, 6.45) is 3.11. The van der Waals surface area contributed by atoms with Crippen molar-refractivity contribution < 1.29 is 18.8 Å². The SMILES string of the molecule is O=C1NC(=O)C(=Cc2cn(Cc3c(F)cccc3Cl)c3ccccc23)C(=O)N1. The zero-order valence-corrected chi connectivity index (χ0v) is 15.1. The summed E-state index contributed by atoms with van der Waals surface area (Å²) in [5.74, 6) is -1.97. The molecule has 1 aromatic heterocycles. The molecule has 0 spiro atoms. The number of amides is 4. The molecule has 0 aliphatic carbocycles. The maximum atomic E-state index is 14.2. The van der Waals surface area contributed by atoms with Crippen LogP contribution in [-0.4, -0.2) is 22.4 Å². The first-order valence-electron chi connectivity index (χ1n) is 8.33. The quantitative estimate of drug-likeness (QED) is 0.526. The van der Waals surface area contributed by atoms with E-state index in [1.54, 1.807) is 16.8 Å². The molecule has 0 unspecified atom stereocenters. The third-order valence-corrected chi connectivity index (χ3v) is 4.81. The molecule has 1 aliphatic heterocycles. The molecule has 1 aliphatic rings. The maximum Gasteiger partial charge on any atom is 0.328 e. The summed E-state index contributed by atoms with van der Waals surface area (Å²) in [4.78, 5) is 35.2. The van der Waals surface area contributed by atoms with Gasteiger partial charge in [0.2, 0.25) is 0 Å². The van der Waals surface area contributed by atoms with E-state index in [0.29, 0.717) is 16.1 Å². The van der Waals surface area contributed by atoms with Crippen molar-refractivity contribution in [3.05, 3.63) is 76.2 Å². The molecule has 0 bridgehead atoms. The highest BCUT2D eigenvalue weighted by molar-refractivity contribution is 6.31. The summed E-state index contributed by atoms with van der Waals surface area (Å²) in [6.45, 7) is 0.173. The molecule has 28 heavy (non-hydrogen) atoms. The van der Waals surface area contributed by atoms with Gasteiger partial charge in [0.15, 0.2) is 0 Å². The number of halogens is 2. The van der Waals surface area contributed by atoms with Gasteiger partial charge in [-0.1, -0.05) is 35.9 Å². The Bertz CT molecular complexity index is 1140. The number of fused-ring (bicyclic) bond motifs is 1. The summed E-state index contributed by atoms with van der Waals surface area (Å²) in [6, 6.07) is 10.9. The molecular weight excluding hydrogens is 385 g/mol. The minimum absolute atomic E-state index is 0.173. The second-order valence-corrected chi connectivity index (χ2v) is 6.63. The molecule has 3 aromatic rings. The summed E-state index contributed by atoms with van der Waals surface area (Å²) in [5.41, 5.74) is 1.51. The van der Waals surface area contributed by atoms with Gasteiger partial charge in [-0.05, 0) is 24.3 Å². The van der Waals surface area contributed by atoms with Gasteiger partial charge < -0.3 is 4.57 Å². The van der Waals surface area contributed by atoms with Gasteiger partial charge in [0.1, 0.15) is 11.4 Å². The van der Waals surface area contributed by atoms with Gasteiger partial charge in [-0.25, -0.2) is 9.18 Å². The Labute approximate surface area is 163 Å². The summed E-state index contributed by atoms with van der Waals surface area (Å²) in [7, 11) is 0. The maximum absolute atomic E-state index is 14.2. The van der Waals surface area contributed by atoms with Gasteiger partial charge in [0.05, 0.1) is 6.54 Å². The number of para-hydroxylation sites is 1. The van der Waals surface area contributed by atoms with Crippen molar-refractivity contribution in [2.24, 2.45) is 0 Å². The molecule has 1 fully saturated rings. The molecule has 4 rings (SSSR count). The summed E-state index contributed by atoms with van der Waals surface area (Å²) < 4.78 is 16.0. The number of barbiturate groups is 1. The number of imide groups is 2. The van der Waals surface area contributed by atoms with Gasteiger partial charge in [-0.15, -0.1) is 0 Å². The van der Waals surface area contributed by atoms with Gasteiger partial charge in [-0.2, -0.15) is 0 Å². The second kappa shape index (κ2) is 6.94. The van der Waals surface area contributed by atoms with Crippen molar-refractivity contribution in [1.82, 2.24) is 15.2 Å². The van der Waals surface area contributed by atoms with Crippen LogP contribution in [0.5, 0.6) is 0 Å². The lowest BCUT2D eigenvalue weighted by Crippen LogP contribution is -2.51. The second-order valence-electron chi connectivity index (χ2n) is 6.23. The third-order valence-electron chi connectivity index (χ3n) is 4.45. The highest BCUT2D eigenvalue weighted by Gasteiger charge is 2.28. The van der Waals surface area contributed by atoms with E-state index < -0.39 is 23.7 Å². The fourth-order valence-corrected chi connectivity index (χ4v) is 3.36. The Morgan fingerprint density at radius 3 is 2.43 bits per heavy atom. The molecule has 2 N–H and O–H groups in total. The van der Waals surface area contributed by atoms with Crippen LogP contribution in [0, 0.1) is 5.82 Å². The van der Waals surface area contributed by atoms with Crippen LogP contribution in [0.15, 0.2) is 54.2 Å². The Morgan fingerprint density at radius 2 is 1.71 bits per heavy atom. The van der Waals surface area contributed by atoms with Crippen LogP contribution in [0.1, 0.15) is 11.1 Å². The first kappa shape index (κ1) is 17.9. The van der Waals surface area contributed by atoms with Gasteiger partial charge >= 0.3 is 6.03 Å². The molecule has 6 nitrogen and oxygen atoms in total. The lowest BCUT2D eigenvalue weighted by molar-refractivity contribution is -0.123. The van der Waals surface area contributed by atoms with E-state index in [0.717, 1.165) is 10.9 Å². The molecule has 2 heterocycles. The van der Waals surface area contributed by atoms with Crippen molar-refractivity contribution in [2.75, 3.05) is 0 Å². The summed E-state index contributed by atoms with van der Waals surface area (Å²) in [5, 5.41) is 5.15. The van der Waals surface area contributed by atoms with E-state index in [2.05, 4.69) is 0 Å². The van der Waals surface area contributed by atoms with E-state index in [-0.39, 0.29) is 12.1 Å². The average Bonchev–Trinajstić information content (AvgIpc) is 2.99. The fraction of sp³-hybridized carbons (Fsp3) is 0.0500. The van der Waals surface area contributed by atoms with E-state index >= 15 is 0 Å². The van der Waals surface area contributed by atoms with E-state index in [9.17, 15) is 18.8 Å². The van der Waals surface area contributed by atoms with Crippen molar-refractivity contribution >= 4 is 46.4 Å². The Morgan fingerprint density at radius 1 is 1.00 bits per heavy atom. The number of nitrogens with one attached hydrogen (secondary N) is 2. The standard InChI is InChI=1S/C20H13ClFN3O3/c21-15-5-3-6-16(22)14(15)10-25-9-11(12-4-1-2-7-17(12)25)8-13-18(26)23-20(28)24-19(13)27/h1-9H,10H2,(H2,23,24,26,27,28). The first-order valence-corrected chi connectivity index (χ1v) is 8.71. The molecule has 0 radical (unpaired) electrons. The first-order chi connectivity index (χ1) is 13.4. The number of hydrogen-bond acceptors (Lipinski definition) is 3. The zero-order valence-electron chi connectivity index (χ0n) is 14.3. The number of carbonyl (C=O) groups excluding carboxylic acids is 3. The fourth-order valence-electron chi connectivity index (χ4n) is 3.14. The molecular formula is C20H13ClFN3O3. The highest BCUT2D eigenvalue weighted by atomic mass is 35.5. The number of urea groups is 1. The number of carbonyl (C=O) groups is 3. The van der Waals surface area contributed by atoms with Gasteiger partial charge in [0.25, 0.3) is 11.8 Å². The van der Waals surface area contributed by atoms with Crippen LogP contribution in [0.25, 0.3) is 17.0 Å². The van der Waals surface area contributed by atoms with Gasteiger partial charge in [0, 0.05) is 33.2 Å². The normalized spacial score (nSPS) is 14.2. The number of nitrogens with zero attached hydrogens (tertiary/aromatic N) is 1. The number of benzene rings is 2. The lowest BCUT2D eigenvalue weighted by atomic mass is 10.1. The summed E-state index contributed by atoms with van der Waals surface area (Å²) >= 11 is 6.14. The van der Waals surface area contributed by atoms with Crippen LogP contribution in [0.4, 0.5) is 9.18 Å². The van der Waals surface area contributed by atoms with Crippen LogP contribution in [0.2, 0.25) is 5.02 Å². The van der Waals surface area contributed by atoms with Crippen molar-refractivity contribution in [1.29, 1.82) is 0 Å². The monoisotopic (exact) mass is 397 g/mol. The molecule has 0 saturated carbocycles. The Kier molecular flexibility index (Phi) is 4.44. The number of hydrogen-bond donors (Lipinski definition) is 2. The van der Waals surface area contributed by atoms with Gasteiger partial charge in [-0.3, -0.25) is 20.2 Å². The van der Waals surface area contributed by atoms with E-state index in [1.807, 2.05) is 34.9 Å². The zero-order chi connectivity index (χ0) is 19.8. The minimum atomic E-state index is -0.858. The van der Waals surface area contributed by atoms with Crippen LogP contribution >= 0.6 is 11.6 Å².